The highest BCUT2D eigenvalue weighted by Crippen LogP contribution is 2.33. The zero-order valence-corrected chi connectivity index (χ0v) is 12.9. The molecule has 0 spiro atoms. The second-order valence-corrected chi connectivity index (χ2v) is 6.20. The lowest BCUT2D eigenvalue weighted by molar-refractivity contribution is -0.122. The van der Waals surface area contributed by atoms with Crippen LogP contribution >= 0.6 is 11.3 Å². The van der Waals surface area contributed by atoms with Crippen LogP contribution in [-0.2, 0) is 9.59 Å². The van der Waals surface area contributed by atoms with Gasteiger partial charge in [-0.05, 0) is 26.2 Å². The van der Waals surface area contributed by atoms with Crippen LogP contribution < -0.4 is 15.1 Å². The van der Waals surface area contributed by atoms with Gasteiger partial charge in [-0.1, -0.05) is 11.3 Å². The molecule has 0 unspecified atom stereocenters. The molecule has 0 aromatic carbocycles. The average molecular weight is 309 g/mol. The molecule has 1 aromatic heterocycles. The molecule has 7 nitrogen and oxygen atoms in total. The molecule has 1 atom stereocenters. The summed E-state index contributed by atoms with van der Waals surface area (Å²) in [4.78, 5) is 27.5. The van der Waals surface area contributed by atoms with E-state index in [0.29, 0.717) is 24.6 Å². The molecule has 21 heavy (non-hydrogen) atoms. The van der Waals surface area contributed by atoms with Crippen LogP contribution in [0.5, 0.6) is 0 Å². The number of hydrogen-bond donors (Lipinski definition) is 1. The first kappa shape index (κ1) is 14.2. The highest BCUT2D eigenvalue weighted by Gasteiger charge is 2.33. The van der Waals surface area contributed by atoms with E-state index in [-0.39, 0.29) is 17.9 Å². The molecule has 0 aliphatic carbocycles. The third-order valence-electron chi connectivity index (χ3n) is 3.86. The van der Waals surface area contributed by atoms with E-state index in [1.165, 1.54) is 11.3 Å². The van der Waals surface area contributed by atoms with Crippen molar-refractivity contribution in [1.82, 2.24) is 15.5 Å². The summed E-state index contributed by atoms with van der Waals surface area (Å²) in [6.07, 6.45) is 3.27. The summed E-state index contributed by atoms with van der Waals surface area (Å²) in [6.45, 7) is 4.07. The fourth-order valence-corrected chi connectivity index (χ4v) is 3.81. The first-order valence-electron chi connectivity index (χ1n) is 7.39. The molecule has 114 valence electrons. The molecule has 2 aliphatic rings. The second kappa shape index (κ2) is 5.97. The lowest BCUT2D eigenvalue weighted by Gasteiger charge is -2.22. The Hall–Kier alpha value is -1.70. The van der Waals surface area contributed by atoms with Crippen LogP contribution in [0.4, 0.5) is 10.3 Å². The van der Waals surface area contributed by atoms with Crippen molar-refractivity contribution < 1.29 is 9.59 Å². The van der Waals surface area contributed by atoms with Gasteiger partial charge >= 0.3 is 0 Å². The number of amides is 2. The number of anilines is 2. The molecule has 8 heteroatoms. The van der Waals surface area contributed by atoms with Gasteiger partial charge in [-0.15, -0.1) is 10.2 Å². The maximum Gasteiger partial charge on any atom is 0.242 e. The first-order chi connectivity index (χ1) is 10.2. The predicted octanol–water partition coefficient (Wildman–Crippen LogP) is 0.770. The summed E-state index contributed by atoms with van der Waals surface area (Å²) < 4.78 is 0. The van der Waals surface area contributed by atoms with Crippen LogP contribution in [0.2, 0.25) is 0 Å². The normalized spacial score (nSPS) is 22.1. The van der Waals surface area contributed by atoms with Crippen LogP contribution in [0.25, 0.3) is 0 Å². The van der Waals surface area contributed by atoms with Gasteiger partial charge in [-0.25, -0.2) is 0 Å². The van der Waals surface area contributed by atoms with Gasteiger partial charge in [0.15, 0.2) is 0 Å². The highest BCUT2D eigenvalue weighted by atomic mass is 32.1. The fraction of sp³-hybridized carbons (Fsp3) is 0.692. The van der Waals surface area contributed by atoms with E-state index in [2.05, 4.69) is 15.5 Å². The Morgan fingerprint density at radius 1 is 1.33 bits per heavy atom. The largest absolute Gasteiger partial charge is 0.355 e. The Morgan fingerprint density at radius 3 is 2.86 bits per heavy atom. The summed E-state index contributed by atoms with van der Waals surface area (Å²) in [5.74, 6) is 0.156. The quantitative estimate of drug-likeness (QED) is 0.889. The van der Waals surface area contributed by atoms with Gasteiger partial charge < -0.3 is 10.2 Å². The molecule has 2 amide bonds. The molecular weight excluding hydrogens is 290 g/mol. The maximum atomic E-state index is 12.1. The number of nitrogens with one attached hydrogen (secondary N) is 1. The molecule has 3 rings (SSSR count). The van der Waals surface area contributed by atoms with Crippen molar-refractivity contribution in [3.8, 4) is 0 Å². The van der Waals surface area contributed by atoms with Gasteiger partial charge in [-0.3, -0.25) is 14.5 Å². The van der Waals surface area contributed by atoms with E-state index >= 15 is 0 Å². The molecule has 2 saturated heterocycles. The van der Waals surface area contributed by atoms with Gasteiger partial charge in [-0.2, -0.15) is 0 Å². The molecule has 3 heterocycles. The van der Waals surface area contributed by atoms with Gasteiger partial charge in [0, 0.05) is 26.1 Å². The molecule has 1 N–H and O–H groups in total. The van der Waals surface area contributed by atoms with Crippen molar-refractivity contribution in [2.75, 3.05) is 29.4 Å². The lowest BCUT2D eigenvalue weighted by Crippen LogP contribution is -2.43. The van der Waals surface area contributed by atoms with Crippen LogP contribution in [0.1, 0.15) is 32.6 Å². The molecule has 2 fully saturated rings. The lowest BCUT2D eigenvalue weighted by atomic mass is 10.2. The molecule has 1 aromatic rings. The SMILES string of the molecule is CCNC(=O)[C@H]1CCCN1c1nnc(N2CCCC2=O)s1. The monoisotopic (exact) mass is 309 g/mol. The van der Waals surface area contributed by atoms with Gasteiger partial charge in [0.05, 0.1) is 0 Å². The summed E-state index contributed by atoms with van der Waals surface area (Å²) in [7, 11) is 0. The minimum atomic E-state index is -0.167. The van der Waals surface area contributed by atoms with Crippen LogP contribution in [0.15, 0.2) is 0 Å². The van der Waals surface area contributed by atoms with Crippen molar-refractivity contribution in [1.29, 1.82) is 0 Å². The number of aromatic nitrogens is 2. The van der Waals surface area contributed by atoms with Crippen molar-refractivity contribution in [2.24, 2.45) is 0 Å². The summed E-state index contributed by atoms with van der Waals surface area (Å²) in [5, 5.41) is 12.6. The molecule has 0 saturated carbocycles. The summed E-state index contributed by atoms with van der Waals surface area (Å²) >= 11 is 1.40. The minimum Gasteiger partial charge on any atom is -0.355 e. The van der Waals surface area contributed by atoms with Crippen molar-refractivity contribution in [3.63, 3.8) is 0 Å². The van der Waals surface area contributed by atoms with Gasteiger partial charge in [0.25, 0.3) is 0 Å². The number of hydrogen-bond acceptors (Lipinski definition) is 6. The fourth-order valence-electron chi connectivity index (χ4n) is 2.84. The topological polar surface area (TPSA) is 78.4 Å². The number of nitrogens with zero attached hydrogens (tertiary/aromatic N) is 4. The van der Waals surface area contributed by atoms with Gasteiger partial charge in [0.1, 0.15) is 6.04 Å². The third-order valence-corrected chi connectivity index (χ3v) is 4.84. The van der Waals surface area contributed by atoms with Crippen molar-refractivity contribution >= 4 is 33.4 Å². The maximum absolute atomic E-state index is 12.1. The van der Waals surface area contributed by atoms with Gasteiger partial charge in [0.2, 0.25) is 22.1 Å². The van der Waals surface area contributed by atoms with E-state index < -0.39 is 0 Å². The zero-order chi connectivity index (χ0) is 14.8. The van der Waals surface area contributed by atoms with Crippen molar-refractivity contribution in [3.05, 3.63) is 0 Å². The van der Waals surface area contributed by atoms with Crippen LogP contribution in [0.3, 0.4) is 0 Å². The number of rotatable bonds is 4. The van der Waals surface area contributed by atoms with Crippen LogP contribution in [-0.4, -0.2) is 47.7 Å². The first-order valence-corrected chi connectivity index (χ1v) is 8.20. The smallest absolute Gasteiger partial charge is 0.242 e. The highest BCUT2D eigenvalue weighted by molar-refractivity contribution is 7.19. The zero-order valence-electron chi connectivity index (χ0n) is 12.0. The standard InChI is InChI=1S/C13H19N5O2S/c1-2-14-11(20)9-5-3-7-17(9)12-15-16-13(21-12)18-8-4-6-10(18)19/h9H,2-8H2,1H3,(H,14,20)/t9-/m1/s1. The number of carbonyl (C=O) groups excluding carboxylic acids is 2. The number of likely N-dealkylation sites (N-methyl/N-ethyl adjacent to an activating group) is 1. The van der Waals surface area contributed by atoms with Crippen LogP contribution in [0, 0.1) is 0 Å². The Bertz CT molecular complexity index is 546. The summed E-state index contributed by atoms with van der Waals surface area (Å²) in [5.41, 5.74) is 0. The molecule has 0 bridgehead atoms. The Morgan fingerprint density at radius 2 is 2.14 bits per heavy atom. The molecule has 0 radical (unpaired) electrons. The minimum absolute atomic E-state index is 0.0454. The molecular formula is C13H19N5O2S. The second-order valence-electron chi connectivity index (χ2n) is 5.26. The average Bonchev–Trinajstić information content (AvgIpc) is 3.17. The summed E-state index contributed by atoms with van der Waals surface area (Å²) in [6, 6.07) is -0.167. The predicted molar refractivity (Wildman–Crippen MR) is 80.5 cm³/mol. The Kier molecular flexibility index (Phi) is 4.05. The van der Waals surface area contributed by atoms with E-state index in [9.17, 15) is 9.59 Å². The van der Waals surface area contributed by atoms with E-state index in [1.54, 1.807) is 4.90 Å². The van der Waals surface area contributed by atoms with E-state index in [1.807, 2.05) is 11.8 Å². The Balaban J connectivity index is 1.76. The van der Waals surface area contributed by atoms with E-state index in [0.717, 1.165) is 30.9 Å². The molecule has 2 aliphatic heterocycles. The number of carbonyl (C=O) groups is 2. The Labute approximate surface area is 127 Å². The van der Waals surface area contributed by atoms with E-state index in [4.69, 9.17) is 0 Å². The third kappa shape index (κ3) is 2.72. The van der Waals surface area contributed by atoms with Crippen molar-refractivity contribution in [2.45, 2.75) is 38.6 Å².